The molecule has 0 unspecified atom stereocenters. The molecule has 6 heteroatoms. The van der Waals surface area contributed by atoms with E-state index in [9.17, 15) is 4.79 Å². The van der Waals surface area contributed by atoms with Crippen LogP contribution >= 0.6 is 24.0 Å². The second kappa shape index (κ2) is 9.25. The Balaban J connectivity index is 0.00000208. The molecule has 24 heavy (non-hydrogen) atoms. The number of hydrogen-bond acceptors (Lipinski definition) is 2. The van der Waals surface area contributed by atoms with Gasteiger partial charge in [0, 0.05) is 24.7 Å². The zero-order valence-electron chi connectivity index (χ0n) is 14.0. The number of nitrogens with two attached hydrogens (primary N) is 1. The van der Waals surface area contributed by atoms with Gasteiger partial charge in [0.2, 0.25) is 0 Å². The van der Waals surface area contributed by atoms with Crippen LogP contribution in [0.25, 0.3) is 0 Å². The summed E-state index contributed by atoms with van der Waals surface area (Å²) in [5.74, 6) is 0.627. The second-order valence-corrected chi connectivity index (χ2v) is 6.45. The van der Waals surface area contributed by atoms with Gasteiger partial charge in [-0.25, -0.2) is 0 Å². The first kappa shape index (κ1) is 19.0. The van der Waals surface area contributed by atoms with Crippen LogP contribution in [0.15, 0.2) is 29.3 Å². The standard InChI is InChI=1S/C18H26N4O.HI/c19-18(21-15-7-2-1-3-8-15)20-11-13-22-12-10-14-6-4-5-9-16(14)17(22)23;/h4-6,9,15H,1-3,7-8,10-13H2,(H3,19,20,21);1H. The maximum Gasteiger partial charge on any atom is 0.254 e. The third kappa shape index (κ3) is 4.84. The van der Waals surface area contributed by atoms with Crippen LogP contribution in [0.4, 0.5) is 0 Å². The number of carbonyl (C=O) groups is 1. The van der Waals surface area contributed by atoms with Crippen molar-refractivity contribution in [3.05, 3.63) is 35.4 Å². The van der Waals surface area contributed by atoms with Crippen molar-refractivity contribution in [1.82, 2.24) is 10.2 Å². The molecular weight excluding hydrogens is 415 g/mol. The molecule has 2 aliphatic rings. The maximum atomic E-state index is 12.4. The summed E-state index contributed by atoms with van der Waals surface area (Å²) in [6.07, 6.45) is 7.14. The fraction of sp³-hybridized carbons (Fsp3) is 0.556. The van der Waals surface area contributed by atoms with E-state index in [1.165, 1.54) is 32.1 Å². The van der Waals surface area contributed by atoms with Crippen LogP contribution in [0.1, 0.15) is 48.0 Å². The van der Waals surface area contributed by atoms with Gasteiger partial charge >= 0.3 is 0 Å². The Morgan fingerprint density at radius 1 is 1.25 bits per heavy atom. The Morgan fingerprint density at radius 3 is 2.79 bits per heavy atom. The van der Waals surface area contributed by atoms with Crippen molar-refractivity contribution < 1.29 is 4.79 Å². The highest BCUT2D eigenvalue weighted by Gasteiger charge is 2.23. The lowest BCUT2D eigenvalue weighted by atomic mass is 9.96. The minimum Gasteiger partial charge on any atom is -0.370 e. The number of rotatable bonds is 4. The van der Waals surface area contributed by atoms with Crippen LogP contribution in [0.2, 0.25) is 0 Å². The molecule has 1 aliphatic carbocycles. The van der Waals surface area contributed by atoms with Crippen LogP contribution in [-0.4, -0.2) is 42.4 Å². The maximum absolute atomic E-state index is 12.4. The molecule has 1 fully saturated rings. The minimum atomic E-state index is 0. The van der Waals surface area contributed by atoms with Crippen LogP contribution in [0.5, 0.6) is 0 Å². The Hall–Kier alpha value is -1.31. The van der Waals surface area contributed by atoms with Gasteiger partial charge in [-0.2, -0.15) is 0 Å². The van der Waals surface area contributed by atoms with Gasteiger partial charge < -0.3 is 16.0 Å². The number of amides is 1. The molecule has 0 bridgehead atoms. The Bertz CT molecular complexity index is 584. The fourth-order valence-corrected chi connectivity index (χ4v) is 3.48. The molecule has 3 rings (SSSR count). The number of nitrogens with one attached hydrogen (secondary N) is 1. The van der Waals surface area contributed by atoms with Crippen molar-refractivity contribution in [1.29, 1.82) is 0 Å². The molecule has 0 atom stereocenters. The average Bonchev–Trinajstić information content (AvgIpc) is 2.58. The minimum absolute atomic E-state index is 0. The van der Waals surface area contributed by atoms with E-state index in [1.807, 2.05) is 29.2 Å². The van der Waals surface area contributed by atoms with Crippen LogP contribution in [-0.2, 0) is 6.42 Å². The average molecular weight is 442 g/mol. The van der Waals surface area contributed by atoms with Gasteiger partial charge in [0.15, 0.2) is 5.96 Å². The molecule has 132 valence electrons. The van der Waals surface area contributed by atoms with Gasteiger partial charge in [-0.3, -0.25) is 9.79 Å². The smallest absolute Gasteiger partial charge is 0.254 e. The summed E-state index contributed by atoms with van der Waals surface area (Å²) >= 11 is 0. The van der Waals surface area contributed by atoms with E-state index >= 15 is 0 Å². The number of fused-ring (bicyclic) bond motifs is 1. The summed E-state index contributed by atoms with van der Waals surface area (Å²) in [4.78, 5) is 18.7. The van der Waals surface area contributed by atoms with Gasteiger partial charge in [0.1, 0.15) is 0 Å². The van der Waals surface area contributed by atoms with Crippen molar-refractivity contribution >= 4 is 35.8 Å². The molecule has 5 nitrogen and oxygen atoms in total. The van der Waals surface area contributed by atoms with Crippen LogP contribution in [0, 0.1) is 0 Å². The SMILES string of the molecule is I.NC(=NCCN1CCc2ccccc2C1=O)NC1CCCCC1. The summed E-state index contributed by atoms with van der Waals surface area (Å²) in [5, 5.41) is 3.31. The number of carbonyl (C=O) groups excluding carboxylic acids is 1. The van der Waals surface area contributed by atoms with E-state index in [4.69, 9.17) is 5.73 Å². The van der Waals surface area contributed by atoms with Crippen molar-refractivity contribution in [2.24, 2.45) is 10.7 Å². The van der Waals surface area contributed by atoms with Gasteiger partial charge in [-0.05, 0) is 30.9 Å². The first-order valence-electron chi connectivity index (χ1n) is 8.67. The van der Waals surface area contributed by atoms with E-state index in [1.54, 1.807) is 0 Å². The first-order chi connectivity index (χ1) is 11.2. The number of hydrogen-bond donors (Lipinski definition) is 2. The highest BCUT2D eigenvalue weighted by Crippen LogP contribution is 2.18. The molecule has 1 aromatic rings. The van der Waals surface area contributed by atoms with Crippen molar-refractivity contribution in [2.75, 3.05) is 19.6 Å². The zero-order chi connectivity index (χ0) is 16.1. The molecule has 0 radical (unpaired) electrons. The first-order valence-corrected chi connectivity index (χ1v) is 8.67. The normalized spacial score (nSPS) is 18.8. The van der Waals surface area contributed by atoms with Gasteiger partial charge in [-0.1, -0.05) is 37.5 Å². The number of benzene rings is 1. The Labute approximate surface area is 161 Å². The molecule has 1 aliphatic heterocycles. The van der Waals surface area contributed by atoms with Crippen molar-refractivity contribution in [3.8, 4) is 0 Å². The largest absolute Gasteiger partial charge is 0.370 e. The summed E-state index contributed by atoms with van der Waals surface area (Å²) in [5.41, 5.74) is 7.95. The van der Waals surface area contributed by atoms with Gasteiger partial charge in [-0.15, -0.1) is 24.0 Å². The third-order valence-electron chi connectivity index (χ3n) is 4.80. The number of nitrogens with zero attached hydrogens (tertiary/aromatic N) is 2. The topological polar surface area (TPSA) is 70.7 Å². The lowest BCUT2D eigenvalue weighted by Crippen LogP contribution is -2.42. The molecule has 1 amide bonds. The summed E-state index contributed by atoms with van der Waals surface area (Å²) in [6, 6.07) is 8.32. The van der Waals surface area contributed by atoms with E-state index in [0.29, 0.717) is 25.1 Å². The predicted octanol–water partition coefficient (Wildman–Crippen LogP) is 2.54. The van der Waals surface area contributed by atoms with Gasteiger partial charge in [0.25, 0.3) is 5.91 Å². The molecule has 1 aromatic carbocycles. The quantitative estimate of drug-likeness (QED) is 0.428. The molecule has 1 heterocycles. The molecule has 0 saturated heterocycles. The lowest BCUT2D eigenvalue weighted by molar-refractivity contribution is 0.0745. The summed E-state index contributed by atoms with van der Waals surface area (Å²) in [7, 11) is 0. The molecular formula is C18H27IN4O. The lowest BCUT2D eigenvalue weighted by Gasteiger charge is -2.28. The van der Waals surface area contributed by atoms with Crippen LogP contribution < -0.4 is 11.1 Å². The zero-order valence-corrected chi connectivity index (χ0v) is 16.4. The monoisotopic (exact) mass is 442 g/mol. The fourth-order valence-electron chi connectivity index (χ4n) is 3.48. The Kier molecular flexibility index (Phi) is 7.33. The van der Waals surface area contributed by atoms with Crippen LogP contribution in [0.3, 0.4) is 0 Å². The molecule has 3 N–H and O–H groups in total. The Morgan fingerprint density at radius 2 is 2.00 bits per heavy atom. The molecule has 0 spiro atoms. The van der Waals surface area contributed by atoms with Gasteiger partial charge in [0.05, 0.1) is 6.54 Å². The number of guanidine groups is 1. The predicted molar refractivity (Wildman–Crippen MR) is 108 cm³/mol. The highest BCUT2D eigenvalue weighted by atomic mass is 127. The summed E-state index contributed by atoms with van der Waals surface area (Å²) in [6.45, 7) is 1.95. The van der Waals surface area contributed by atoms with E-state index in [-0.39, 0.29) is 29.9 Å². The summed E-state index contributed by atoms with van der Waals surface area (Å²) < 4.78 is 0. The van der Waals surface area contributed by atoms with E-state index in [0.717, 1.165) is 24.1 Å². The molecule has 1 saturated carbocycles. The van der Waals surface area contributed by atoms with Crippen molar-refractivity contribution in [2.45, 2.75) is 44.6 Å². The van der Waals surface area contributed by atoms with E-state index < -0.39 is 0 Å². The number of halogens is 1. The van der Waals surface area contributed by atoms with E-state index in [2.05, 4.69) is 10.3 Å². The second-order valence-electron chi connectivity index (χ2n) is 6.45. The number of aliphatic imine (C=N–C) groups is 1. The van der Waals surface area contributed by atoms with Crippen molar-refractivity contribution in [3.63, 3.8) is 0 Å². The highest BCUT2D eigenvalue weighted by molar-refractivity contribution is 14.0. The third-order valence-corrected chi connectivity index (χ3v) is 4.80. The molecule has 0 aromatic heterocycles.